The van der Waals surface area contributed by atoms with Crippen LogP contribution in [0.4, 0.5) is 0 Å². The maximum atomic E-state index is 6.04. The third kappa shape index (κ3) is 2.41. The molecule has 1 fully saturated rings. The molecule has 0 heterocycles. The largest absolute Gasteiger partial charge is 0.310 e. The van der Waals surface area contributed by atoms with Crippen molar-refractivity contribution in [1.82, 2.24) is 5.32 Å². The minimum absolute atomic E-state index is 0.671. The fourth-order valence-corrected chi connectivity index (χ4v) is 1.91. The van der Waals surface area contributed by atoms with Gasteiger partial charge in [-0.2, -0.15) is 0 Å². The van der Waals surface area contributed by atoms with Gasteiger partial charge in [-0.25, -0.2) is 0 Å². The highest BCUT2D eigenvalue weighted by atomic mass is 35.5. The summed E-state index contributed by atoms with van der Waals surface area (Å²) in [5, 5.41) is 4.98. The predicted octanol–water partition coefficient (Wildman–Crippen LogP) is 3.49. The van der Waals surface area contributed by atoms with Crippen LogP contribution in [0.3, 0.4) is 0 Å². The van der Waals surface area contributed by atoms with Crippen molar-refractivity contribution in [2.45, 2.75) is 25.9 Å². The molecule has 0 amide bonds. The van der Waals surface area contributed by atoms with Crippen LogP contribution in [0.1, 0.15) is 18.9 Å². The van der Waals surface area contributed by atoms with E-state index >= 15 is 0 Å². The van der Waals surface area contributed by atoms with Gasteiger partial charge in [-0.3, -0.25) is 0 Å². The van der Waals surface area contributed by atoms with E-state index in [0.717, 1.165) is 28.1 Å². The summed E-state index contributed by atoms with van der Waals surface area (Å²) >= 11 is 11.9. The summed E-state index contributed by atoms with van der Waals surface area (Å²) in [7, 11) is 0. The van der Waals surface area contributed by atoms with Crippen molar-refractivity contribution in [1.29, 1.82) is 0 Å². The number of benzene rings is 1. The molecule has 1 N–H and O–H groups in total. The lowest BCUT2D eigenvalue weighted by Crippen LogP contribution is -2.17. The maximum absolute atomic E-state index is 6.04. The summed E-state index contributed by atoms with van der Waals surface area (Å²) in [4.78, 5) is 0. The topological polar surface area (TPSA) is 12.0 Å². The molecule has 0 radical (unpaired) electrons. The molecular weight excluding hydrogens is 217 g/mol. The van der Waals surface area contributed by atoms with Crippen molar-refractivity contribution >= 4 is 23.2 Å². The summed E-state index contributed by atoms with van der Waals surface area (Å²) in [5.41, 5.74) is 1.08. The molecule has 0 saturated heterocycles. The van der Waals surface area contributed by atoms with E-state index in [-0.39, 0.29) is 0 Å². The van der Waals surface area contributed by atoms with Gasteiger partial charge in [0.1, 0.15) is 0 Å². The second kappa shape index (κ2) is 4.09. The summed E-state index contributed by atoms with van der Waals surface area (Å²) in [6, 6.07) is 6.25. The molecular formula is C11H13Cl2N. The molecule has 1 saturated carbocycles. The van der Waals surface area contributed by atoms with Crippen LogP contribution in [-0.4, -0.2) is 6.04 Å². The van der Waals surface area contributed by atoms with Gasteiger partial charge in [0.15, 0.2) is 0 Å². The smallest absolute Gasteiger partial charge is 0.0451 e. The number of hydrogen-bond donors (Lipinski definition) is 1. The van der Waals surface area contributed by atoms with E-state index in [0.29, 0.717) is 6.04 Å². The molecule has 3 heteroatoms. The van der Waals surface area contributed by atoms with Crippen LogP contribution in [0.5, 0.6) is 0 Å². The zero-order valence-corrected chi connectivity index (χ0v) is 9.57. The number of nitrogens with one attached hydrogen (secondary N) is 1. The normalized spacial score (nSPS) is 25.1. The van der Waals surface area contributed by atoms with E-state index in [9.17, 15) is 0 Å². The first-order valence-electron chi connectivity index (χ1n) is 4.84. The molecule has 14 heavy (non-hydrogen) atoms. The highest BCUT2D eigenvalue weighted by Crippen LogP contribution is 2.30. The number of halogens is 2. The lowest BCUT2D eigenvalue weighted by atomic mass is 10.2. The van der Waals surface area contributed by atoms with Crippen LogP contribution in [0.2, 0.25) is 10.0 Å². The van der Waals surface area contributed by atoms with E-state index in [1.54, 1.807) is 0 Å². The Labute approximate surface area is 94.4 Å². The summed E-state index contributed by atoms with van der Waals surface area (Å²) in [6.45, 7) is 3.06. The molecule has 1 aliphatic carbocycles. The van der Waals surface area contributed by atoms with Gasteiger partial charge in [-0.15, -0.1) is 0 Å². The molecule has 1 nitrogen and oxygen atoms in total. The molecule has 1 aromatic rings. The molecule has 2 unspecified atom stereocenters. The quantitative estimate of drug-likeness (QED) is 0.837. The van der Waals surface area contributed by atoms with Gasteiger partial charge in [0, 0.05) is 22.6 Å². The Hall–Kier alpha value is -0.240. The van der Waals surface area contributed by atoms with Crippen LogP contribution in [0.15, 0.2) is 18.2 Å². The van der Waals surface area contributed by atoms with Crippen molar-refractivity contribution in [2.75, 3.05) is 0 Å². The predicted molar refractivity (Wildman–Crippen MR) is 60.9 cm³/mol. The third-order valence-corrected chi connectivity index (χ3v) is 3.28. The summed E-state index contributed by atoms with van der Waals surface area (Å²) in [5.74, 6) is 0.813. The molecule has 0 bridgehead atoms. The summed E-state index contributed by atoms with van der Waals surface area (Å²) in [6.07, 6.45) is 1.28. The monoisotopic (exact) mass is 229 g/mol. The van der Waals surface area contributed by atoms with Crippen molar-refractivity contribution in [3.63, 3.8) is 0 Å². The van der Waals surface area contributed by atoms with Gasteiger partial charge >= 0.3 is 0 Å². The second-order valence-electron chi connectivity index (χ2n) is 3.94. The van der Waals surface area contributed by atoms with E-state index in [1.165, 1.54) is 6.42 Å². The SMILES string of the molecule is CC1CC1NCc1cc(Cl)ccc1Cl. The van der Waals surface area contributed by atoms with Crippen molar-refractivity contribution in [3.05, 3.63) is 33.8 Å². The first-order valence-corrected chi connectivity index (χ1v) is 5.59. The molecule has 1 aliphatic rings. The minimum Gasteiger partial charge on any atom is -0.310 e. The van der Waals surface area contributed by atoms with Crippen LogP contribution < -0.4 is 5.32 Å². The highest BCUT2D eigenvalue weighted by Gasteiger charge is 2.31. The Kier molecular flexibility index (Phi) is 3.01. The summed E-state index contributed by atoms with van der Waals surface area (Å²) < 4.78 is 0. The molecule has 76 valence electrons. The lowest BCUT2D eigenvalue weighted by molar-refractivity contribution is 0.653. The molecule has 1 aromatic carbocycles. The molecule has 0 aromatic heterocycles. The minimum atomic E-state index is 0.671. The Morgan fingerprint density at radius 1 is 1.43 bits per heavy atom. The van der Waals surface area contributed by atoms with Gasteiger partial charge in [0.05, 0.1) is 0 Å². The van der Waals surface area contributed by atoms with Gasteiger partial charge in [0.2, 0.25) is 0 Å². The second-order valence-corrected chi connectivity index (χ2v) is 4.78. The van der Waals surface area contributed by atoms with Crippen LogP contribution in [0, 0.1) is 5.92 Å². The van der Waals surface area contributed by atoms with Crippen LogP contribution >= 0.6 is 23.2 Å². The average molecular weight is 230 g/mol. The first kappa shape index (κ1) is 10.3. The van der Waals surface area contributed by atoms with E-state index < -0.39 is 0 Å². The van der Waals surface area contributed by atoms with Crippen molar-refractivity contribution in [2.24, 2.45) is 5.92 Å². The van der Waals surface area contributed by atoms with Crippen molar-refractivity contribution < 1.29 is 0 Å². The Balaban J connectivity index is 1.97. The molecule has 2 atom stereocenters. The zero-order chi connectivity index (χ0) is 10.1. The zero-order valence-electron chi connectivity index (χ0n) is 8.06. The standard InChI is InChI=1S/C11H13Cl2N/c1-7-4-11(7)14-6-8-5-9(12)2-3-10(8)13/h2-3,5,7,11,14H,4,6H2,1H3. The average Bonchev–Trinajstić information content (AvgIpc) is 2.84. The first-order chi connectivity index (χ1) is 6.66. The van der Waals surface area contributed by atoms with Crippen molar-refractivity contribution in [3.8, 4) is 0 Å². The fraction of sp³-hybridized carbons (Fsp3) is 0.455. The van der Waals surface area contributed by atoms with E-state index in [1.807, 2.05) is 18.2 Å². The Morgan fingerprint density at radius 3 is 2.79 bits per heavy atom. The Bertz CT molecular complexity index is 338. The van der Waals surface area contributed by atoms with E-state index in [4.69, 9.17) is 23.2 Å². The maximum Gasteiger partial charge on any atom is 0.0451 e. The van der Waals surface area contributed by atoms with E-state index in [2.05, 4.69) is 12.2 Å². The van der Waals surface area contributed by atoms with Gasteiger partial charge in [0.25, 0.3) is 0 Å². The van der Waals surface area contributed by atoms with Crippen LogP contribution in [0.25, 0.3) is 0 Å². The third-order valence-electron chi connectivity index (χ3n) is 2.67. The molecule has 0 spiro atoms. The molecule has 2 rings (SSSR count). The lowest BCUT2D eigenvalue weighted by Gasteiger charge is -2.06. The fourth-order valence-electron chi connectivity index (χ4n) is 1.53. The number of hydrogen-bond acceptors (Lipinski definition) is 1. The van der Waals surface area contributed by atoms with Crippen LogP contribution in [-0.2, 0) is 6.54 Å². The van der Waals surface area contributed by atoms with Gasteiger partial charge < -0.3 is 5.32 Å². The Morgan fingerprint density at radius 2 is 2.14 bits per heavy atom. The number of rotatable bonds is 3. The highest BCUT2D eigenvalue weighted by molar-refractivity contribution is 6.33. The van der Waals surface area contributed by atoms with Gasteiger partial charge in [-0.1, -0.05) is 30.1 Å². The molecule has 0 aliphatic heterocycles. The van der Waals surface area contributed by atoms with Gasteiger partial charge in [-0.05, 0) is 36.1 Å².